The van der Waals surface area contributed by atoms with E-state index >= 15 is 0 Å². The maximum atomic E-state index is 14.0. The number of ether oxygens (including phenoxy) is 1. The van der Waals surface area contributed by atoms with Gasteiger partial charge in [0.15, 0.2) is 17.5 Å². The van der Waals surface area contributed by atoms with Gasteiger partial charge in [0.25, 0.3) is 0 Å². The van der Waals surface area contributed by atoms with Gasteiger partial charge >= 0.3 is 0 Å². The number of nitrogens with one attached hydrogen (secondary N) is 1. The molecule has 0 aliphatic carbocycles. The van der Waals surface area contributed by atoms with E-state index in [1.54, 1.807) is 0 Å². The quantitative estimate of drug-likeness (QED) is 0.771. The summed E-state index contributed by atoms with van der Waals surface area (Å²) in [6.07, 6.45) is 0.511. The molecule has 0 aliphatic rings. The predicted octanol–water partition coefficient (Wildman–Crippen LogP) is 3.82. The Morgan fingerprint density at radius 3 is 2.30 bits per heavy atom. The first-order valence-corrected chi connectivity index (χ1v) is 6.83. The zero-order valence-corrected chi connectivity index (χ0v) is 12.3. The van der Waals surface area contributed by atoms with E-state index in [4.69, 9.17) is 4.74 Å². The third kappa shape index (κ3) is 3.73. The molecule has 0 spiro atoms. The Bertz CT molecular complexity index is 437. The van der Waals surface area contributed by atoms with Crippen LogP contribution in [0.4, 0.5) is 13.2 Å². The Labute approximate surface area is 118 Å². The van der Waals surface area contributed by atoms with Gasteiger partial charge in [-0.1, -0.05) is 26.8 Å². The smallest absolute Gasteiger partial charge is 0.194 e. The fourth-order valence-electron chi connectivity index (χ4n) is 2.28. The lowest BCUT2D eigenvalue weighted by molar-refractivity contribution is 0.0314. The van der Waals surface area contributed by atoms with Crippen molar-refractivity contribution in [3.05, 3.63) is 35.1 Å². The molecule has 0 aromatic heterocycles. The van der Waals surface area contributed by atoms with Crippen molar-refractivity contribution in [1.82, 2.24) is 5.32 Å². The average Bonchev–Trinajstić information content (AvgIpc) is 2.41. The lowest BCUT2D eigenvalue weighted by Crippen LogP contribution is -2.37. The Balaban J connectivity index is 3.19. The summed E-state index contributed by atoms with van der Waals surface area (Å²) in [4.78, 5) is 0. The van der Waals surface area contributed by atoms with Crippen molar-refractivity contribution in [3.63, 3.8) is 0 Å². The van der Waals surface area contributed by atoms with E-state index in [2.05, 4.69) is 5.32 Å². The molecule has 1 N–H and O–H groups in total. The minimum Gasteiger partial charge on any atom is -0.379 e. The van der Waals surface area contributed by atoms with Crippen molar-refractivity contribution < 1.29 is 17.9 Å². The lowest BCUT2D eigenvalue weighted by Gasteiger charge is -2.30. The SMILES string of the molecule is CCCNC(c1ccc(F)c(F)c1F)C(OC)C(C)C. The zero-order chi connectivity index (χ0) is 15.3. The van der Waals surface area contributed by atoms with Crippen LogP contribution >= 0.6 is 0 Å². The minimum atomic E-state index is -1.44. The summed E-state index contributed by atoms with van der Waals surface area (Å²) in [7, 11) is 1.53. The maximum absolute atomic E-state index is 14.0. The van der Waals surface area contributed by atoms with E-state index in [1.807, 2.05) is 20.8 Å². The summed E-state index contributed by atoms with van der Waals surface area (Å²) in [6, 6.07) is 1.70. The minimum absolute atomic E-state index is 0.0953. The molecule has 2 atom stereocenters. The summed E-state index contributed by atoms with van der Waals surface area (Å²) < 4.78 is 45.9. The Morgan fingerprint density at radius 1 is 1.15 bits per heavy atom. The largest absolute Gasteiger partial charge is 0.379 e. The Hall–Kier alpha value is -1.07. The first-order chi connectivity index (χ1) is 9.43. The van der Waals surface area contributed by atoms with Gasteiger partial charge in [-0.25, -0.2) is 13.2 Å². The standard InChI is InChI=1S/C15H22F3NO/c1-5-8-19-14(15(20-4)9(2)3)10-6-7-11(16)13(18)12(10)17/h6-7,9,14-15,19H,5,8H2,1-4H3. The first-order valence-electron chi connectivity index (χ1n) is 6.83. The maximum Gasteiger partial charge on any atom is 0.194 e. The molecule has 0 radical (unpaired) electrons. The van der Waals surface area contributed by atoms with Gasteiger partial charge in [-0.3, -0.25) is 0 Å². The summed E-state index contributed by atoms with van der Waals surface area (Å²) in [6.45, 7) is 6.48. The van der Waals surface area contributed by atoms with Crippen LogP contribution in [0.1, 0.15) is 38.8 Å². The molecule has 2 unspecified atom stereocenters. The number of halogens is 3. The molecule has 0 amide bonds. The van der Waals surface area contributed by atoms with Gasteiger partial charge < -0.3 is 10.1 Å². The molecular weight excluding hydrogens is 267 g/mol. The van der Waals surface area contributed by atoms with Crippen LogP contribution in [0.2, 0.25) is 0 Å². The highest BCUT2D eigenvalue weighted by atomic mass is 19.2. The number of hydrogen-bond donors (Lipinski definition) is 1. The molecule has 0 bridgehead atoms. The third-order valence-electron chi connectivity index (χ3n) is 3.27. The highest BCUT2D eigenvalue weighted by Crippen LogP contribution is 2.28. The van der Waals surface area contributed by atoms with Gasteiger partial charge in [0.1, 0.15) is 0 Å². The van der Waals surface area contributed by atoms with E-state index in [-0.39, 0.29) is 17.6 Å². The second kappa shape index (κ2) is 7.64. The number of rotatable bonds is 7. The highest BCUT2D eigenvalue weighted by molar-refractivity contribution is 5.25. The Morgan fingerprint density at radius 2 is 1.80 bits per heavy atom. The van der Waals surface area contributed by atoms with Crippen LogP contribution < -0.4 is 5.32 Å². The van der Waals surface area contributed by atoms with Crippen molar-refractivity contribution in [2.75, 3.05) is 13.7 Å². The molecular formula is C15H22F3NO. The summed E-state index contributed by atoms with van der Waals surface area (Å²) in [5, 5.41) is 3.15. The molecule has 1 aromatic carbocycles. The van der Waals surface area contributed by atoms with Crippen molar-refractivity contribution >= 4 is 0 Å². The van der Waals surface area contributed by atoms with Crippen LogP contribution in [-0.4, -0.2) is 19.8 Å². The van der Waals surface area contributed by atoms with Gasteiger partial charge in [0, 0.05) is 12.7 Å². The number of methoxy groups -OCH3 is 1. The molecule has 0 saturated carbocycles. The molecule has 5 heteroatoms. The number of benzene rings is 1. The van der Waals surface area contributed by atoms with Crippen LogP contribution in [0.5, 0.6) is 0 Å². The van der Waals surface area contributed by atoms with Crippen molar-refractivity contribution in [3.8, 4) is 0 Å². The van der Waals surface area contributed by atoms with Crippen LogP contribution in [-0.2, 0) is 4.74 Å². The number of hydrogen-bond acceptors (Lipinski definition) is 2. The molecule has 1 rings (SSSR count). The molecule has 0 aliphatic heterocycles. The van der Waals surface area contributed by atoms with Crippen molar-refractivity contribution in [2.45, 2.75) is 39.3 Å². The predicted molar refractivity (Wildman–Crippen MR) is 73.0 cm³/mol. The van der Waals surface area contributed by atoms with Crippen LogP contribution in [0.15, 0.2) is 12.1 Å². The second-order valence-corrected chi connectivity index (χ2v) is 5.14. The second-order valence-electron chi connectivity index (χ2n) is 5.14. The van der Waals surface area contributed by atoms with E-state index in [1.165, 1.54) is 13.2 Å². The van der Waals surface area contributed by atoms with E-state index in [0.29, 0.717) is 6.54 Å². The van der Waals surface area contributed by atoms with Crippen LogP contribution in [0.3, 0.4) is 0 Å². The first kappa shape index (κ1) is 17.0. The summed E-state index contributed by atoms with van der Waals surface area (Å²) in [5.74, 6) is -3.67. The average molecular weight is 289 g/mol. The summed E-state index contributed by atoms with van der Waals surface area (Å²) >= 11 is 0. The fraction of sp³-hybridized carbons (Fsp3) is 0.600. The van der Waals surface area contributed by atoms with Gasteiger partial charge in [0.05, 0.1) is 12.1 Å². The third-order valence-corrected chi connectivity index (χ3v) is 3.27. The molecule has 20 heavy (non-hydrogen) atoms. The van der Waals surface area contributed by atoms with Gasteiger partial charge in [-0.2, -0.15) is 0 Å². The summed E-state index contributed by atoms with van der Waals surface area (Å²) in [5.41, 5.74) is 0.0953. The normalized spacial score (nSPS) is 14.6. The van der Waals surface area contributed by atoms with Gasteiger partial charge in [-0.05, 0) is 24.9 Å². The lowest BCUT2D eigenvalue weighted by atomic mass is 9.92. The Kier molecular flexibility index (Phi) is 6.49. The van der Waals surface area contributed by atoms with Crippen LogP contribution in [0.25, 0.3) is 0 Å². The fourth-order valence-corrected chi connectivity index (χ4v) is 2.28. The van der Waals surface area contributed by atoms with E-state index in [9.17, 15) is 13.2 Å². The molecule has 1 aromatic rings. The van der Waals surface area contributed by atoms with Gasteiger partial charge in [0.2, 0.25) is 0 Å². The monoisotopic (exact) mass is 289 g/mol. The topological polar surface area (TPSA) is 21.3 Å². The van der Waals surface area contributed by atoms with E-state index < -0.39 is 23.5 Å². The zero-order valence-electron chi connectivity index (χ0n) is 12.3. The molecule has 0 saturated heterocycles. The van der Waals surface area contributed by atoms with Gasteiger partial charge in [-0.15, -0.1) is 0 Å². The molecule has 0 heterocycles. The highest BCUT2D eigenvalue weighted by Gasteiger charge is 2.29. The molecule has 0 fully saturated rings. The van der Waals surface area contributed by atoms with Crippen LogP contribution in [0, 0.1) is 23.4 Å². The van der Waals surface area contributed by atoms with Crippen molar-refractivity contribution in [1.29, 1.82) is 0 Å². The molecule has 114 valence electrons. The van der Waals surface area contributed by atoms with E-state index in [0.717, 1.165) is 12.5 Å². The van der Waals surface area contributed by atoms with Crippen molar-refractivity contribution in [2.24, 2.45) is 5.92 Å². The molecule has 2 nitrogen and oxygen atoms in total.